The number of carbonyl (C=O) groups is 2. The zero-order valence-electron chi connectivity index (χ0n) is 12.3. The van der Waals surface area contributed by atoms with Crippen molar-refractivity contribution in [2.45, 2.75) is 45.1 Å². The van der Waals surface area contributed by atoms with Crippen molar-refractivity contribution in [2.75, 3.05) is 26.2 Å². The molecule has 0 spiro atoms. The van der Waals surface area contributed by atoms with Gasteiger partial charge in [0.2, 0.25) is 0 Å². The molecular formula is C14H24N2O4. The minimum atomic E-state index is -0.982. The number of carboxylic acids is 1. The SMILES string of the molecule is CCCC1(CNC(=O)N2CC(C)(OCC(=O)O)C2)CC1. The molecule has 0 aromatic carbocycles. The van der Waals surface area contributed by atoms with Crippen LogP contribution < -0.4 is 5.32 Å². The van der Waals surface area contributed by atoms with Gasteiger partial charge in [-0.05, 0) is 31.6 Å². The average molecular weight is 284 g/mol. The van der Waals surface area contributed by atoms with E-state index in [9.17, 15) is 9.59 Å². The molecule has 2 amide bonds. The number of rotatable bonds is 7. The summed E-state index contributed by atoms with van der Waals surface area (Å²) in [4.78, 5) is 24.1. The van der Waals surface area contributed by atoms with Crippen LogP contribution in [-0.2, 0) is 9.53 Å². The fourth-order valence-corrected chi connectivity index (χ4v) is 2.83. The highest BCUT2D eigenvalue weighted by Gasteiger charge is 2.45. The Labute approximate surface area is 119 Å². The van der Waals surface area contributed by atoms with Crippen LogP contribution in [0.2, 0.25) is 0 Å². The van der Waals surface area contributed by atoms with Gasteiger partial charge in [0.05, 0.1) is 13.1 Å². The van der Waals surface area contributed by atoms with Gasteiger partial charge in [0, 0.05) is 6.54 Å². The molecule has 0 atom stereocenters. The summed E-state index contributed by atoms with van der Waals surface area (Å²) in [5.74, 6) is -0.982. The van der Waals surface area contributed by atoms with Gasteiger partial charge in [0.1, 0.15) is 12.2 Å². The number of hydrogen-bond acceptors (Lipinski definition) is 3. The van der Waals surface area contributed by atoms with E-state index in [4.69, 9.17) is 9.84 Å². The Kier molecular flexibility index (Phi) is 4.22. The molecule has 1 saturated carbocycles. The lowest BCUT2D eigenvalue weighted by atomic mass is 9.97. The molecule has 1 aliphatic heterocycles. The Hall–Kier alpha value is -1.30. The van der Waals surface area contributed by atoms with Crippen molar-refractivity contribution in [2.24, 2.45) is 5.41 Å². The Morgan fingerprint density at radius 2 is 2.00 bits per heavy atom. The average Bonchev–Trinajstić information content (AvgIpc) is 3.11. The van der Waals surface area contributed by atoms with E-state index in [2.05, 4.69) is 12.2 Å². The molecule has 2 fully saturated rings. The summed E-state index contributed by atoms with van der Waals surface area (Å²) in [6.45, 7) is 5.34. The first-order chi connectivity index (χ1) is 9.38. The molecule has 114 valence electrons. The molecule has 0 bridgehead atoms. The van der Waals surface area contributed by atoms with E-state index in [0.717, 1.165) is 13.0 Å². The molecule has 2 aliphatic rings. The van der Waals surface area contributed by atoms with Crippen LogP contribution in [0.25, 0.3) is 0 Å². The third-order valence-corrected chi connectivity index (χ3v) is 4.23. The summed E-state index contributed by atoms with van der Waals surface area (Å²) in [6.07, 6.45) is 4.74. The summed E-state index contributed by atoms with van der Waals surface area (Å²) in [7, 11) is 0. The van der Waals surface area contributed by atoms with Crippen molar-refractivity contribution in [1.82, 2.24) is 10.2 Å². The van der Waals surface area contributed by atoms with Gasteiger partial charge in [-0.25, -0.2) is 9.59 Å². The van der Waals surface area contributed by atoms with Crippen LogP contribution in [0.5, 0.6) is 0 Å². The number of amides is 2. The van der Waals surface area contributed by atoms with Crippen molar-refractivity contribution in [3.05, 3.63) is 0 Å². The maximum Gasteiger partial charge on any atom is 0.329 e. The summed E-state index contributed by atoms with van der Waals surface area (Å²) in [5.41, 5.74) is -0.172. The number of hydrogen-bond donors (Lipinski definition) is 2. The van der Waals surface area contributed by atoms with E-state index in [-0.39, 0.29) is 12.6 Å². The normalized spacial score (nSPS) is 22.0. The zero-order chi connectivity index (χ0) is 14.8. The monoisotopic (exact) mass is 284 g/mol. The summed E-state index contributed by atoms with van der Waals surface area (Å²) >= 11 is 0. The van der Waals surface area contributed by atoms with Crippen molar-refractivity contribution >= 4 is 12.0 Å². The number of carboxylic acid groups (broad SMARTS) is 1. The third kappa shape index (κ3) is 3.62. The van der Waals surface area contributed by atoms with Crippen molar-refractivity contribution < 1.29 is 19.4 Å². The fraction of sp³-hybridized carbons (Fsp3) is 0.857. The quantitative estimate of drug-likeness (QED) is 0.741. The topological polar surface area (TPSA) is 78.9 Å². The van der Waals surface area contributed by atoms with Gasteiger partial charge >= 0.3 is 12.0 Å². The highest BCUT2D eigenvalue weighted by molar-refractivity contribution is 5.75. The Bertz CT molecular complexity index is 387. The van der Waals surface area contributed by atoms with E-state index >= 15 is 0 Å². The minimum Gasteiger partial charge on any atom is -0.480 e. The van der Waals surface area contributed by atoms with Crippen molar-refractivity contribution in [1.29, 1.82) is 0 Å². The number of nitrogens with one attached hydrogen (secondary N) is 1. The largest absolute Gasteiger partial charge is 0.480 e. The summed E-state index contributed by atoms with van der Waals surface area (Å²) in [5, 5.41) is 11.6. The number of urea groups is 1. The van der Waals surface area contributed by atoms with E-state index in [1.807, 2.05) is 6.92 Å². The third-order valence-electron chi connectivity index (χ3n) is 4.23. The van der Waals surface area contributed by atoms with Crippen LogP contribution in [0.1, 0.15) is 39.5 Å². The molecule has 2 N–H and O–H groups in total. The second kappa shape index (κ2) is 5.60. The summed E-state index contributed by atoms with van der Waals surface area (Å²) < 4.78 is 5.28. The van der Waals surface area contributed by atoms with Crippen LogP contribution in [0.3, 0.4) is 0 Å². The second-order valence-electron chi connectivity index (χ2n) is 6.40. The number of likely N-dealkylation sites (tertiary alicyclic amines) is 1. The lowest BCUT2D eigenvalue weighted by Crippen LogP contribution is -2.65. The van der Waals surface area contributed by atoms with Crippen molar-refractivity contribution in [3.8, 4) is 0 Å². The molecule has 1 heterocycles. The molecule has 2 rings (SSSR count). The molecule has 20 heavy (non-hydrogen) atoms. The first-order valence-electron chi connectivity index (χ1n) is 7.27. The lowest BCUT2D eigenvalue weighted by Gasteiger charge is -2.47. The second-order valence-corrected chi connectivity index (χ2v) is 6.40. The van der Waals surface area contributed by atoms with Crippen LogP contribution in [0, 0.1) is 5.41 Å². The van der Waals surface area contributed by atoms with E-state index in [1.165, 1.54) is 19.3 Å². The van der Waals surface area contributed by atoms with Crippen molar-refractivity contribution in [3.63, 3.8) is 0 Å². The smallest absolute Gasteiger partial charge is 0.329 e. The molecule has 1 saturated heterocycles. The highest BCUT2D eigenvalue weighted by atomic mass is 16.5. The van der Waals surface area contributed by atoms with Crippen LogP contribution in [-0.4, -0.2) is 53.8 Å². The van der Waals surface area contributed by atoms with Crippen LogP contribution in [0.4, 0.5) is 4.79 Å². The zero-order valence-corrected chi connectivity index (χ0v) is 12.3. The molecule has 0 radical (unpaired) electrons. The first-order valence-corrected chi connectivity index (χ1v) is 7.27. The van der Waals surface area contributed by atoms with Crippen LogP contribution >= 0.6 is 0 Å². The minimum absolute atomic E-state index is 0.0659. The van der Waals surface area contributed by atoms with Gasteiger partial charge in [0.15, 0.2) is 0 Å². The number of ether oxygens (including phenoxy) is 1. The van der Waals surface area contributed by atoms with Gasteiger partial charge in [-0.1, -0.05) is 13.3 Å². The molecule has 6 nitrogen and oxygen atoms in total. The standard InChI is InChI=1S/C14H24N2O4/c1-3-4-14(5-6-14)8-15-12(19)16-9-13(2,10-16)20-7-11(17)18/h3-10H2,1-2H3,(H,15,19)(H,17,18). The maximum absolute atomic E-state index is 12.0. The van der Waals surface area contributed by atoms with E-state index in [0.29, 0.717) is 18.5 Å². The Balaban J connectivity index is 1.67. The molecule has 0 aromatic heterocycles. The fourth-order valence-electron chi connectivity index (χ4n) is 2.83. The predicted octanol–water partition coefficient (Wildman–Crippen LogP) is 1.45. The van der Waals surface area contributed by atoms with Gasteiger partial charge in [-0.2, -0.15) is 0 Å². The van der Waals surface area contributed by atoms with Crippen LogP contribution in [0.15, 0.2) is 0 Å². The summed E-state index contributed by atoms with van der Waals surface area (Å²) in [6, 6.07) is -0.0659. The first kappa shape index (κ1) is 15.1. The number of aliphatic carboxylic acids is 1. The van der Waals surface area contributed by atoms with Gasteiger partial charge < -0.3 is 20.1 Å². The predicted molar refractivity (Wildman–Crippen MR) is 73.5 cm³/mol. The Morgan fingerprint density at radius 1 is 1.35 bits per heavy atom. The molecule has 0 aromatic rings. The van der Waals surface area contributed by atoms with E-state index < -0.39 is 11.6 Å². The number of nitrogens with zero attached hydrogens (tertiary/aromatic N) is 1. The van der Waals surface area contributed by atoms with Gasteiger partial charge in [-0.15, -0.1) is 0 Å². The lowest BCUT2D eigenvalue weighted by molar-refractivity contribution is -0.159. The molecular weight excluding hydrogens is 260 g/mol. The molecule has 0 unspecified atom stereocenters. The van der Waals surface area contributed by atoms with E-state index in [1.54, 1.807) is 4.90 Å². The number of carbonyl (C=O) groups excluding carboxylic acids is 1. The highest BCUT2D eigenvalue weighted by Crippen LogP contribution is 2.48. The Morgan fingerprint density at radius 3 is 2.50 bits per heavy atom. The van der Waals surface area contributed by atoms with Gasteiger partial charge in [0.25, 0.3) is 0 Å². The maximum atomic E-state index is 12.0. The van der Waals surface area contributed by atoms with Gasteiger partial charge in [-0.3, -0.25) is 0 Å². The molecule has 1 aliphatic carbocycles. The molecule has 6 heteroatoms.